The molecule has 0 amide bonds. The zero-order valence-electron chi connectivity index (χ0n) is 14.0. The Kier molecular flexibility index (Phi) is 5.90. The molecule has 0 saturated carbocycles. The zero-order valence-corrected chi connectivity index (χ0v) is 14.0. The highest BCUT2D eigenvalue weighted by molar-refractivity contribution is 5.94. The molecule has 2 aromatic rings. The summed E-state index contributed by atoms with van der Waals surface area (Å²) in [6, 6.07) is 12.9. The van der Waals surface area contributed by atoms with Crippen LogP contribution in [0.1, 0.15) is 34.0 Å². The normalized spacial score (nSPS) is 10.6. The van der Waals surface area contributed by atoms with Crippen molar-refractivity contribution in [3.8, 4) is 5.75 Å². The number of hydrogen-bond donors (Lipinski definition) is 0. The lowest BCUT2D eigenvalue weighted by atomic mass is 10.1. The molecule has 0 bridgehead atoms. The van der Waals surface area contributed by atoms with Crippen molar-refractivity contribution in [3.05, 3.63) is 70.8 Å². The number of hydrogen-bond acceptors (Lipinski definition) is 4. The van der Waals surface area contributed by atoms with Gasteiger partial charge in [-0.15, -0.1) is 0 Å². The molecule has 0 heterocycles. The van der Waals surface area contributed by atoms with Crippen molar-refractivity contribution in [2.75, 3.05) is 7.11 Å². The monoisotopic (exact) mass is 324 g/mol. The molecule has 0 radical (unpaired) electrons. The molecule has 2 rings (SSSR count). The molecule has 124 valence electrons. The van der Waals surface area contributed by atoms with Crippen LogP contribution in [-0.4, -0.2) is 18.9 Å². The van der Waals surface area contributed by atoms with Crippen LogP contribution in [0, 0.1) is 6.92 Å². The minimum Gasteiger partial charge on any atom is -0.496 e. The van der Waals surface area contributed by atoms with E-state index >= 15 is 0 Å². The number of methoxy groups -OCH3 is 1. The highest BCUT2D eigenvalue weighted by atomic mass is 16.5. The van der Waals surface area contributed by atoms with E-state index in [1.165, 1.54) is 20.1 Å². The van der Waals surface area contributed by atoms with Crippen LogP contribution in [0.3, 0.4) is 0 Å². The minimum absolute atomic E-state index is 0.0430. The number of Topliss-reactive ketones (excluding diaryl/α,β-unsaturated/α-hetero) is 1. The second-order valence-electron chi connectivity index (χ2n) is 5.43. The van der Waals surface area contributed by atoms with Crippen molar-refractivity contribution >= 4 is 17.8 Å². The molecule has 0 aliphatic carbocycles. The summed E-state index contributed by atoms with van der Waals surface area (Å²) in [7, 11) is 1.53. The van der Waals surface area contributed by atoms with Crippen LogP contribution in [-0.2, 0) is 16.1 Å². The van der Waals surface area contributed by atoms with Crippen molar-refractivity contribution in [1.29, 1.82) is 0 Å². The lowest BCUT2D eigenvalue weighted by Gasteiger charge is -2.09. The standard InChI is InChI=1S/C20H20O4/c1-14-4-6-16(7-5-14)8-11-20(22)24-13-18-12-17(15(2)21)9-10-19(18)23-3/h4-12H,13H2,1-3H3/b11-8+. The van der Waals surface area contributed by atoms with Gasteiger partial charge in [-0.05, 0) is 43.7 Å². The van der Waals surface area contributed by atoms with Gasteiger partial charge >= 0.3 is 5.97 Å². The molecule has 0 N–H and O–H groups in total. The maximum atomic E-state index is 11.9. The van der Waals surface area contributed by atoms with Crippen molar-refractivity contribution in [2.45, 2.75) is 20.5 Å². The van der Waals surface area contributed by atoms with Gasteiger partial charge in [-0.2, -0.15) is 0 Å². The van der Waals surface area contributed by atoms with E-state index in [2.05, 4.69) is 0 Å². The third-order valence-electron chi connectivity index (χ3n) is 3.55. The van der Waals surface area contributed by atoms with Gasteiger partial charge in [0.15, 0.2) is 5.78 Å². The first kappa shape index (κ1) is 17.5. The largest absolute Gasteiger partial charge is 0.496 e. The number of rotatable bonds is 6. The lowest BCUT2D eigenvalue weighted by molar-refractivity contribution is -0.138. The van der Waals surface area contributed by atoms with E-state index in [1.54, 1.807) is 24.3 Å². The first-order chi connectivity index (χ1) is 11.5. The summed E-state index contributed by atoms with van der Waals surface area (Å²) in [6.07, 6.45) is 3.08. The predicted molar refractivity (Wildman–Crippen MR) is 93.0 cm³/mol. The molecule has 0 saturated heterocycles. The van der Waals surface area contributed by atoms with Crippen LogP contribution in [0.4, 0.5) is 0 Å². The minimum atomic E-state index is -0.453. The van der Waals surface area contributed by atoms with Gasteiger partial charge in [0.25, 0.3) is 0 Å². The van der Waals surface area contributed by atoms with Crippen molar-refractivity contribution < 1.29 is 19.1 Å². The van der Waals surface area contributed by atoms with Gasteiger partial charge in [0, 0.05) is 17.2 Å². The molecule has 4 nitrogen and oxygen atoms in total. The summed E-state index contributed by atoms with van der Waals surface area (Å²) in [5.74, 6) is 0.0747. The summed E-state index contributed by atoms with van der Waals surface area (Å²) in [5, 5.41) is 0. The van der Waals surface area contributed by atoms with Crippen molar-refractivity contribution in [2.24, 2.45) is 0 Å². The fourth-order valence-electron chi connectivity index (χ4n) is 2.15. The summed E-state index contributed by atoms with van der Waals surface area (Å²) < 4.78 is 10.5. The molecule has 0 aromatic heterocycles. The number of benzene rings is 2. The molecular weight excluding hydrogens is 304 g/mol. The number of ketones is 1. The first-order valence-corrected chi connectivity index (χ1v) is 7.59. The van der Waals surface area contributed by atoms with Gasteiger partial charge in [0.2, 0.25) is 0 Å². The van der Waals surface area contributed by atoms with Gasteiger partial charge in [0.05, 0.1) is 7.11 Å². The van der Waals surface area contributed by atoms with Crippen molar-refractivity contribution in [1.82, 2.24) is 0 Å². The Bertz CT molecular complexity index is 758. The SMILES string of the molecule is COc1ccc(C(C)=O)cc1COC(=O)/C=C/c1ccc(C)cc1. The molecule has 4 heteroatoms. The predicted octanol–water partition coefficient (Wildman–Crippen LogP) is 3.96. The number of esters is 1. The average Bonchev–Trinajstić information content (AvgIpc) is 2.59. The molecule has 2 aromatic carbocycles. The van der Waals surface area contributed by atoms with Gasteiger partial charge in [0.1, 0.15) is 12.4 Å². The fraction of sp³-hybridized carbons (Fsp3) is 0.200. The van der Waals surface area contributed by atoms with E-state index in [-0.39, 0.29) is 12.4 Å². The number of aryl methyl sites for hydroxylation is 1. The topological polar surface area (TPSA) is 52.6 Å². The molecule has 0 fully saturated rings. The van der Waals surface area contributed by atoms with E-state index in [0.29, 0.717) is 16.9 Å². The van der Waals surface area contributed by atoms with Crippen LogP contribution in [0.5, 0.6) is 5.75 Å². The Balaban J connectivity index is 2.01. The number of carbonyl (C=O) groups is 2. The third-order valence-corrected chi connectivity index (χ3v) is 3.55. The van der Waals surface area contributed by atoms with Crippen molar-refractivity contribution in [3.63, 3.8) is 0 Å². The van der Waals surface area contributed by atoms with Crippen LogP contribution >= 0.6 is 0 Å². The van der Waals surface area contributed by atoms with Gasteiger partial charge in [-0.3, -0.25) is 4.79 Å². The van der Waals surface area contributed by atoms with Crippen LogP contribution in [0.2, 0.25) is 0 Å². The number of carbonyl (C=O) groups excluding carboxylic acids is 2. The Hall–Kier alpha value is -2.88. The summed E-state index contributed by atoms with van der Waals surface area (Å²) in [5.41, 5.74) is 3.29. The Morgan fingerprint density at radius 2 is 1.79 bits per heavy atom. The van der Waals surface area contributed by atoms with E-state index in [9.17, 15) is 9.59 Å². The maximum Gasteiger partial charge on any atom is 0.331 e. The highest BCUT2D eigenvalue weighted by Crippen LogP contribution is 2.21. The molecule has 0 atom stereocenters. The van der Waals surface area contributed by atoms with E-state index < -0.39 is 5.97 Å². The Morgan fingerprint density at radius 3 is 2.42 bits per heavy atom. The average molecular weight is 324 g/mol. The molecule has 0 unspecified atom stereocenters. The lowest BCUT2D eigenvalue weighted by Crippen LogP contribution is -2.04. The van der Waals surface area contributed by atoms with Crippen LogP contribution in [0.15, 0.2) is 48.5 Å². The summed E-state index contributed by atoms with van der Waals surface area (Å²) in [6.45, 7) is 3.54. The second-order valence-corrected chi connectivity index (χ2v) is 5.43. The molecule has 0 spiro atoms. The van der Waals surface area contributed by atoms with E-state index in [0.717, 1.165) is 11.1 Å². The molecule has 0 aliphatic rings. The number of ether oxygens (including phenoxy) is 2. The molecule has 0 aliphatic heterocycles. The van der Waals surface area contributed by atoms with Crippen LogP contribution in [0.25, 0.3) is 6.08 Å². The molecular formula is C20H20O4. The maximum absolute atomic E-state index is 11.9. The fourth-order valence-corrected chi connectivity index (χ4v) is 2.15. The zero-order chi connectivity index (χ0) is 17.5. The third kappa shape index (κ3) is 4.81. The highest BCUT2D eigenvalue weighted by Gasteiger charge is 2.09. The first-order valence-electron chi connectivity index (χ1n) is 7.59. The Labute approximate surface area is 141 Å². The summed E-state index contributed by atoms with van der Waals surface area (Å²) >= 11 is 0. The Morgan fingerprint density at radius 1 is 1.08 bits per heavy atom. The molecule has 24 heavy (non-hydrogen) atoms. The van der Waals surface area contributed by atoms with Crippen LogP contribution < -0.4 is 4.74 Å². The van der Waals surface area contributed by atoms with Gasteiger partial charge in [-0.25, -0.2) is 4.79 Å². The van der Waals surface area contributed by atoms with Gasteiger partial charge in [-0.1, -0.05) is 29.8 Å². The second kappa shape index (κ2) is 8.11. The smallest absolute Gasteiger partial charge is 0.331 e. The summed E-state index contributed by atoms with van der Waals surface area (Å²) in [4.78, 5) is 23.3. The van der Waals surface area contributed by atoms with Gasteiger partial charge < -0.3 is 9.47 Å². The van der Waals surface area contributed by atoms with E-state index in [4.69, 9.17) is 9.47 Å². The quantitative estimate of drug-likeness (QED) is 0.458. The van der Waals surface area contributed by atoms with E-state index in [1.807, 2.05) is 31.2 Å².